The van der Waals surface area contributed by atoms with E-state index in [1.165, 1.54) is 31.2 Å². The van der Waals surface area contributed by atoms with Gasteiger partial charge in [-0.3, -0.25) is 9.59 Å². The monoisotopic (exact) mass is 448 g/mol. The van der Waals surface area contributed by atoms with E-state index >= 15 is 0 Å². The van der Waals surface area contributed by atoms with Crippen molar-refractivity contribution in [2.45, 2.75) is 30.2 Å². The molecule has 1 aromatic heterocycles. The lowest BCUT2D eigenvalue weighted by Crippen LogP contribution is -2.33. The first-order chi connectivity index (χ1) is 14.1. The second-order valence-electron chi connectivity index (χ2n) is 6.68. The first kappa shape index (κ1) is 21.7. The zero-order valence-corrected chi connectivity index (χ0v) is 17.7. The lowest BCUT2D eigenvalue weighted by Gasteiger charge is -2.15. The first-order valence-electron chi connectivity index (χ1n) is 8.87. The van der Waals surface area contributed by atoms with Crippen LogP contribution in [0.5, 0.6) is 0 Å². The Kier molecular flexibility index (Phi) is 6.09. The van der Waals surface area contributed by atoms with E-state index in [2.05, 4.69) is 5.32 Å². The zero-order valence-electron chi connectivity index (χ0n) is 16.1. The molecule has 156 valence electrons. The van der Waals surface area contributed by atoms with E-state index in [0.29, 0.717) is 11.3 Å². The number of nitrogens with zero attached hydrogens (tertiary/aromatic N) is 1. The van der Waals surface area contributed by atoms with Gasteiger partial charge in [0.2, 0.25) is 15.7 Å². The molecule has 1 N–H and O–H groups in total. The number of hydrogen-bond donors (Lipinski definition) is 1. The van der Waals surface area contributed by atoms with Crippen LogP contribution in [0.25, 0.3) is 0 Å². The fraction of sp³-hybridized carbons (Fsp3) is 0.143. The summed E-state index contributed by atoms with van der Waals surface area (Å²) in [5, 5.41) is 2.50. The lowest BCUT2D eigenvalue weighted by molar-refractivity contribution is -0.116. The topological polar surface area (TPSA) is 85.2 Å². The van der Waals surface area contributed by atoms with E-state index in [9.17, 15) is 22.4 Å². The van der Waals surface area contributed by atoms with Crippen molar-refractivity contribution in [3.05, 3.63) is 87.0 Å². The van der Waals surface area contributed by atoms with Crippen LogP contribution in [0.3, 0.4) is 0 Å². The fourth-order valence-electron chi connectivity index (χ4n) is 3.07. The fourth-order valence-corrected chi connectivity index (χ4v) is 4.86. The summed E-state index contributed by atoms with van der Waals surface area (Å²) in [5.74, 6) is -1.17. The maximum Gasteiger partial charge on any atom is 0.270 e. The molecule has 1 heterocycles. The van der Waals surface area contributed by atoms with Crippen molar-refractivity contribution in [1.29, 1.82) is 0 Å². The molecule has 0 atom stereocenters. The quantitative estimate of drug-likeness (QED) is 0.644. The largest absolute Gasteiger partial charge is 0.323 e. The van der Waals surface area contributed by atoms with Crippen LogP contribution in [0, 0.1) is 19.7 Å². The van der Waals surface area contributed by atoms with Crippen LogP contribution < -0.4 is 10.9 Å². The van der Waals surface area contributed by atoms with Gasteiger partial charge in [0.05, 0.1) is 15.6 Å². The molecular formula is C21H18ClFN2O4S. The molecule has 0 unspecified atom stereocenters. The number of hydrogen-bond acceptors (Lipinski definition) is 4. The average molecular weight is 449 g/mol. The number of aryl methyl sites for hydroxylation is 2. The molecule has 1 amide bonds. The number of anilines is 1. The van der Waals surface area contributed by atoms with Crippen LogP contribution in [-0.4, -0.2) is 18.9 Å². The molecule has 0 saturated carbocycles. The van der Waals surface area contributed by atoms with E-state index in [1.807, 2.05) is 0 Å². The van der Waals surface area contributed by atoms with Crippen molar-refractivity contribution in [2.24, 2.45) is 0 Å². The number of benzene rings is 2. The van der Waals surface area contributed by atoms with Gasteiger partial charge in [0, 0.05) is 5.69 Å². The van der Waals surface area contributed by atoms with Crippen molar-refractivity contribution in [3.8, 4) is 0 Å². The van der Waals surface area contributed by atoms with Crippen molar-refractivity contribution in [1.82, 2.24) is 4.57 Å². The van der Waals surface area contributed by atoms with Crippen LogP contribution in [0.4, 0.5) is 10.1 Å². The molecule has 0 saturated heterocycles. The first-order valence-corrected chi connectivity index (χ1v) is 10.7. The molecule has 0 aliphatic heterocycles. The number of nitrogens with one attached hydrogen (secondary N) is 1. The van der Waals surface area contributed by atoms with Crippen LogP contribution in [0.2, 0.25) is 5.02 Å². The van der Waals surface area contributed by atoms with Gasteiger partial charge in [0.15, 0.2) is 0 Å². The zero-order chi connectivity index (χ0) is 22.1. The third-order valence-corrected chi connectivity index (χ3v) is 6.72. The van der Waals surface area contributed by atoms with Gasteiger partial charge < -0.3 is 9.88 Å². The van der Waals surface area contributed by atoms with Crippen LogP contribution in [-0.2, 0) is 21.2 Å². The molecule has 9 heteroatoms. The number of aromatic nitrogens is 1. The molecule has 2 aromatic carbocycles. The Morgan fingerprint density at radius 3 is 2.40 bits per heavy atom. The minimum atomic E-state index is -4.07. The van der Waals surface area contributed by atoms with Gasteiger partial charge in [-0.15, -0.1) is 0 Å². The van der Waals surface area contributed by atoms with Gasteiger partial charge in [-0.25, -0.2) is 12.8 Å². The average Bonchev–Trinajstić information content (AvgIpc) is 2.67. The molecule has 6 nitrogen and oxygen atoms in total. The van der Waals surface area contributed by atoms with E-state index < -0.39 is 33.7 Å². The number of carbonyl (C=O) groups is 1. The SMILES string of the molecule is Cc1cc(C)n(CC(=O)Nc2ccc(F)cc2Cl)c(=O)c1S(=O)(=O)c1ccccc1. The third kappa shape index (κ3) is 4.29. The number of amides is 1. The van der Waals surface area contributed by atoms with E-state index in [1.54, 1.807) is 25.1 Å². The molecule has 3 rings (SSSR count). The molecule has 30 heavy (non-hydrogen) atoms. The maximum atomic E-state index is 13.2. The second kappa shape index (κ2) is 8.41. The van der Waals surface area contributed by atoms with E-state index in [4.69, 9.17) is 11.6 Å². The summed E-state index contributed by atoms with van der Waals surface area (Å²) in [6.45, 7) is 2.70. The predicted octanol–water partition coefficient (Wildman–Crippen LogP) is 3.73. The normalized spacial score (nSPS) is 11.3. The minimum absolute atomic E-state index is 0.00340. The lowest BCUT2D eigenvalue weighted by atomic mass is 10.2. The number of rotatable bonds is 5. The number of pyridine rings is 1. The second-order valence-corrected chi connectivity index (χ2v) is 8.97. The predicted molar refractivity (Wildman–Crippen MR) is 112 cm³/mol. The smallest absolute Gasteiger partial charge is 0.270 e. The Morgan fingerprint density at radius 1 is 1.10 bits per heavy atom. The highest BCUT2D eigenvalue weighted by Crippen LogP contribution is 2.23. The molecule has 0 bridgehead atoms. The molecule has 0 fully saturated rings. The summed E-state index contributed by atoms with van der Waals surface area (Å²) in [4.78, 5) is 25.1. The van der Waals surface area contributed by atoms with Crippen molar-refractivity contribution < 1.29 is 17.6 Å². The van der Waals surface area contributed by atoms with Gasteiger partial charge in [-0.1, -0.05) is 29.8 Å². The number of carbonyl (C=O) groups excluding carboxylic acids is 1. The number of sulfone groups is 1. The van der Waals surface area contributed by atoms with Crippen molar-refractivity contribution >= 4 is 33.0 Å². The van der Waals surface area contributed by atoms with Crippen LogP contribution >= 0.6 is 11.6 Å². The summed E-state index contributed by atoms with van der Waals surface area (Å²) in [6.07, 6.45) is 0. The van der Waals surface area contributed by atoms with Gasteiger partial charge in [-0.05, 0) is 55.8 Å². The summed E-state index contributed by atoms with van der Waals surface area (Å²) < 4.78 is 40.3. The van der Waals surface area contributed by atoms with Crippen LogP contribution in [0.15, 0.2) is 69.2 Å². The van der Waals surface area contributed by atoms with Crippen molar-refractivity contribution in [3.63, 3.8) is 0 Å². The minimum Gasteiger partial charge on any atom is -0.323 e. The van der Waals surface area contributed by atoms with Gasteiger partial charge in [0.25, 0.3) is 5.56 Å². The maximum absolute atomic E-state index is 13.2. The summed E-state index contributed by atoms with van der Waals surface area (Å²) in [5.41, 5.74) is 0.0965. The Bertz CT molecular complexity index is 1290. The highest BCUT2D eigenvalue weighted by atomic mass is 35.5. The van der Waals surface area contributed by atoms with E-state index in [0.717, 1.165) is 16.7 Å². The summed E-state index contributed by atoms with van der Waals surface area (Å²) in [7, 11) is -4.07. The van der Waals surface area contributed by atoms with Crippen LogP contribution in [0.1, 0.15) is 11.3 Å². The standard InChI is InChI=1S/C21H18ClFN2O4S/c1-13-10-14(2)25(12-19(26)24-18-9-8-15(23)11-17(18)22)21(27)20(13)30(28,29)16-6-4-3-5-7-16/h3-11H,12H2,1-2H3,(H,24,26). The summed E-state index contributed by atoms with van der Waals surface area (Å²) >= 11 is 5.91. The van der Waals surface area contributed by atoms with Crippen molar-refractivity contribution in [2.75, 3.05) is 5.32 Å². The molecule has 0 aliphatic carbocycles. The van der Waals surface area contributed by atoms with Gasteiger partial charge in [-0.2, -0.15) is 0 Å². The molecular weight excluding hydrogens is 431 g/mol. The third-order valence-electron chi connectivity index (χ3n) is 4.48. The summed E-state index contributed by atoms with van der Waals surface area (Å²) in [6, 6.07) is 12.6. The van der Waals surface area contributed by atoms with Gasteiger partial charge in [0.1, 0.15) is 17.3 Å². The Hall–Kier alpha value is -2.97. The molecule has 0 radical (unpaired) electrons. The van der Waals surface area contributed by atoms with Gasteiger partial charge >= 0.3 is 0 Å². The molecule has 3 aromatic rings. The number of halogens is 2. The molecule has 0 spiro atoms. The highest BCUT2D eigenvalue weighted by molar-refractivity contribution is 7.91. The Balaban J connectivity index is 1.99. The Morgan fingerprint density at radius 2 is 1.77 bits per heavy atom. The molecule has 0 aliphatic rings. The highest BCUT2D eigenvalue weighted by Gasteiger charge is 2.26. The van der Waals surface area contributed by atoms with E-state index in [-0.39, 0.29) is 20.5 Å². The Labute approximate surface area is 177 Å².